The van der Waals surface area contributed by atoms with Crippen molar-refractivity contribution in [1.29, 1.82) is 0 Å². The Bertz CT molecular complexity index is 1300. The molecule has 0 bridgehead atoms. The van der Waals surface area contributed by atoms with Crippen molar-refractivity contribution in [3.63, 3.8) is 0 Å². The number of nitrogens with zero attached hydrogens (tertiary/aromatic N) is 4. The lowest BCUT2D eigenvalue weighted by molar-refractivity contribution is 0.194. The van der Waals surface area contributed by atoms with Crippen molar-refractivity contribution in [3.05, 3.63) is 65.4 Å². The van der Waals surface area contributed by atoms with Crippen LogP contribution in [0.3, 0.4) is 0 Å². The molecule has 1 saturated carbocycles. The molecule has 4 aromatic rings. The quantitative estimate of drug-likeness (QED) is 0.274. The van der Waals surface area contributed by atoms with Crippen LogP contribution in [-0.2, 0) is 6.54 Å². The van der Waals surface area contributed by atoms with Crippen molar-refractivity contribution >= 4 is 22.8 Å². The maximum atomic E-state index is 6.76. The van der Waals surface area contributed by atoms with Crippen LogP contribution in [0.15, 0.2) is 54.9 Å². The third-order valence-electron chi connectivity index (χ3n) is 6.12. The maximum absolute atomic E-state index is 6.76. The summed E-state index contributed by atoms with van der Waals surface area (Å²) >= 11 is 6.76. The Hall–Kier alpha value is -3.12. The molecule has 0 unspecified atom stereocenters. The van der Waals surface area contributed by atoms with Crippen LogP contribution in [0.4, 0.5) is 0 Å². The molecule has 6 nitrogen and oxygen atoms in total. The number of hydrogen-bond acceptors (Lipinski definition) is 5. The zero-order valence-electron chi connectivity index (χ0n) is 19.8. The van der Waals surface area contributed by atoms with Crippen molar-refractivity contribution in [2.24, 2.45) is 5.92 Å². The minimum Gasteiger partial charge on any atom is -0.494 e. The van der Waals surface area contributed by atoms with Gasteiger partial charge in [0.05, 0.1) is 18.2 Å². The fourth-order valence-electron chi connectivity index (χ4n) is 3.80. The smallest absolute Gasteiger partial charge is 0.245 e. The number of aromatic nitrogens is 4. The molecule has 7 heteroatoms. The SMILES string of the molecule is CC(C)CCOc1ccc(-c2nc3c(OC4(C)CC4)ncnc3n2Cc2ccccc2)c(Cl)c1. The highest BCUT2D eigenvalue weighted by Gasteiger charge is 2.41. The minimum atomic E-state index is -0.169. The molecule has 0 amide bonds. The zero-order valence-corrected chi connectivity index (χ0v) is 20.5. The van der Waals surface area contributed by atoms with Gasteiger partial charge in [-0.25, -0.2) is 9.97 Å². The molecule has 0 aliphatic heterocycles. The van der Waals surface area contributed by atoms with Gasteiger partial charge in [-0.3, -0.25) is 0 Å². The van der Waals surface area contributed by atoms with Gasteiger partial charge in [0.25, 0.3) is 0 Å². The number of halogens is 1. The van der Waals surface area contributed by atoms with Crippen molar-refractivity contribution in [3.8, 4) is 23.0 Å². The summed E-state index contributed by atoms with van der Waals surface area (Å²) in [5.74, 6) is 2.58. The van der Waals surface area contributed by atoms with E-state index in [9.17, 15) is 0 Å². The molecule has 34 heavy (non-hydrogen) atoms. The second kappa shape index (κ2) is 9.26. The third-order valence-corrected chi connectivity index (χ3v) is 6.44. The van der Waals surface area contributed by atoms with E-state index in [1.165, 1.54) is 0 Å². The van der Waals surface area contributed by atoms with Crippen LogP contribution >= 0.6 is 11.6 Å². The molecule has 0 saturated heterocycles. The average molecular weight is 477 g/mol. The normalized spacial score (nSPS) is 14.5. The molecule has 2 aromatic carbocycles. The van der Waals surface area contributed by atoms with E-state index in [0.29, 0.717) is 35.5 Å². The molecular weight excluding hydrogens is 448 g/mol. The van der Waals surface area contributed by atoms with Crippen molar-refractivity contribution in [2.45, 2.75) is 52.2 Å². The molecule has 5 rings (SSSR count). The van der Waals surface area contributed by atoms with Gasteiger partial charge in [-0.2, -0.15) is 4.98 Å². The van der Waals surface area contributed by atoms with Crippen LogP contribution in [0, 0.1) is 5.92 Å². The number of benzene rings is 2. The number of rotatable bonds is 9. The van der Waals surface area contributed by atoms with Gasteiger partial charge in [0.2, 0.25) is 5.88 Å². The number of fused-ring (bicyclic) bond motifs is 1. The first-order chi connectivity index (χ1) is 16.4. The first-order valence-electron chi connectivity index (χ1n) is 11.8. The van der Waals surface area contributed by atoms with Gasteiger partial charge in [0, 0.05) is 5.56 Å². The Morgan fingerprint density at radius 3 is 2.59 bits per heavy atom. The summed E-state index contributed by atoms with van der Waals surface area (Å²) in [4.78, 5) is 13.9. The number of imidazole rings is 1. The molecule has 1 fully saturated rings. The van der Waals surface area contributed by atoms with Crippen LogP contribution in [-0.4, -0.2) is 31.7 Å². The minimum absolute atomic E-state index is 0.169. The lowest BCUT2D eigenvalue weighted by Gasteiger charge is -2.12. The van der Waals surface area contributed by atoms with E-state index in [4.69, 9.17) is 26.1 Å². The topological polar surface area (TPSA) is 62.1 Å². The van der Waals surface area contributed by atoms with E-state index in [1.54, 1.807) is 6.33 Å². The van der Waals surface area contributed by atoms with Gasteiger partial charge >= 0.3 is 0 Å². The summed E-state index contributed by atoms with van der Waals surface area (Å²) < 4.78 is 14.2. The summed E-state index contributed by atoms with van der Waals surface area (Å²) in [6, 6.07) is 16.0. The van der Waals surface area contributed by atoms with Gasteiger partial charge in [-0.05, 0) is 55.9 Å². The molecule has 1 aliphatic rings. The van der Waals surface area contributed by atoms with E-state index in [-0.39, 0.29) is 5.60 Å². The third kappa shape index (κ3) is 4.87. The summed E-state index contributed by atoms with van der Waals surface area (Å²) in [7, 11) is 0. The number of ether oxygens (including phenoxy) is 2. The Morgan fingerprint density at radius 2 is 1.88 bits per heavy atom. The summed E-state index contributed by atoms with van der Waals surface area (Å²) in [5.41, 5.74) is 3.16. The first kappa shape index (κ1) is 22.7. The van der Waals surface area contributed by atoms with Gasteiger partial charge in [0.15, 0.2) is 11.2 Å². The van der Waals surface area contributed by atoms with Crippen molar-refractivity contribution in [1.82, 2.24) is 19.5 Å². The second-order valence-corrected chi connectivity index (χ2v) is 9.99. The molecule has 0 spiro atoms. The van der Waals surface area contributed by atoms with Gasteiger partial charge in [0.1, 0.15) is 23.5 Å². The Kier molecular flexibility index (Phi) is 6.17. The largest absolute Gasteiger partial charge is 0.494 e. The second-order valence-electron chi connectivity index (χ2n) is 9.58. The standard InChI is InChI=1S/C27H29ClN4O2/c1-18(2)11-14-33-20-9-10-21(22(28)15-20)24-31-23-25(32(24)16-19-7-5-4-6-8-19)29-17-30-26(23)34-27(3)12-13-27/h4-10,15,17-18H,11-14,16H2,1-3H3. The summed E-state index contributed by atoms with van der Waals surface area (Å²) in [5, 5.41) is 0.580. The summed E-state index contributed by atoms with van der Waals surface area (Å²) in [6.07, 6.45) is 4.57. The Morgan fingerprint density at radius 1 is 1.09 bits per heavy atom. The predicted octanol–water partition coefficient (Wildman–Crippen LogP) is 6.55. The molecule has 2 heterocycles. The van der Waals surface area contributed by atoms with Crippen molar-refractivity contribution < 1.29 is 9.47 Å². The van der Waals surface area contributed by atoms with Gasteiger partial charge in [-0.15, -0.1) is 0 Å². The van der Waals surface area contributed by atoms with Gasteiger partial charge < -0.3 is 14.0 Å². The molecule has 0 radical (unpaired) electrons. The fraction of sp³-hybridized carbons (Fsp3) is 0.370. The number of hydrogen-bond donors (Lipinski definition) is 0. The average Bonchev–Trinajstić information content (AvgIpc) is 3.43. The van der Waals surface area contributed by atoms with Crippen molar-refractivity contribution in [2.75, 3.05) is 6.61 Å². The van der Waals surface area contributed by atoms with Gasteiger partial charge in [-0.1, -0.05) is 55.8 Å². The molecular formula is C27H29ClN4O2. The molecule has 176 valence electrons. The van der Waals surface area contributed by atoms with E-state index in [1.807, 2.05) is 36.4 Å². The molecule has 1 aliphatic carbocycles. The maximum Gasteiger partial charge on any atom is 0.245 e. The summed E-state index contributed by atoms with van der Waals surface area (Å²) in [6.45, 7) is 7.72. The van der Waals surface area contributed by atoms with E-state index in [2.05, 4.69) is 47.4 Å². The van der Waals surface area contributed by atoms with Crippen LogP contribution in [0.2, 0.25) is 5.02 Å². The fourth-order valence-corrected chi connectivity index (χ4v) is 4.06. The Labute approximate surface area is 204 Å². The highest BCUT2D eigenvalue weighted by Crippen LogP contribution is 2.41. The highest BCUT2D eigenvalue weighted by molar-refractivity contribution is 6.33. The van der Waals surface area contributed by atoms with E-state index in [0.717, 1.165) is 47.6 Å². The first-order valence-corrected chi connectivity index (χ1v) is 12.2. The zero-order chi connectivity index (χ0) is 23.7. The van der Waals surface area contributed by atoms with Crippen LogP contribution < -0.4 is 9.47 Å². The lowest BCUT2D eigenvalue weighted by Crippen LogP contribution is -2.13. The monoisotopic (exact) mass is 476 g/mol. The highest BCUT2D eigenvalue weighted by atomic mass is 35.5. The van der Waals surface area contributed by atoms with Crippen LogP contribution in [0.25, 0.3) is 22.6 Å². The molecule has 2 aromatic heterocycles. The van der Waals surface area contributed by atoms with E-state index >= 15 is 0 Å². The predicted molar refractivity (Wildman–Crippen MR) is 135 cm³/mol. The Balaban J connectivity index is 1.56. The lowest BCUT2D eigenvalue weighted by atomic mass is 10.1. The van der Waals surface area contributed by atoms with E-state index < -0.39 is 0 Å². The van der Waals surface area contributed by atoms with Crippen LogP contribution in [0.1, 0.15) is 45.6 Å². The molecule has 0 N–H and O–H groups in total. The molecule has 0 atom stereocenters. The van der Waals surface area contributed by atoms with Crippen LogP contribution in [0.5, 0.6) is 11.6 Å².